The van der Waals surface area contributed by atoms with Crippen LogP contribution in [0.4, 0.5) is 14.9 Å². The van der Waals surface area contributed by atoms with Crippen LogP contribution in [0.25, 0.3) is 0 Å². The summed E-state index contributed by atoms with van der Waals surface area (Å²) >= 11 is 0. The van der Waals surface area contributed by atoms with Crippen molar-refractivity contribution in [1.82, 2.24) is 10.0 Å². The van der Waals surface area contributed by atoms with Gasteiger partial charge in [0.2, 0.25) is 0 Å². The number of nitrogens with zero attached hydrogens (tertiary/aromatic N) is 1. The molecular weight excluding hydrogens is 405 g/mol. The Kier molecular flexibility index (Phi) is 5.37. The van der Waals surface area contributed by atoms with E-state index in [0.29, 0.717) is 22.7 Å². The Morgan fingerprint density at radius 3 is 2.72 bits per heavy atom. The van der Waals surface area contributed by atoms with Crippen molar-refractivity contribution in [3.63, 3.8) is 0 Å². The van der Waals surface area contributed by atoms with Crippen LogP contribution in [0, 0.1) is 11.7 Å². The van der Waals surface area contributed by atoms with Crippen molar-refractivity contribution >= 4 is 27.9 Å². The molecule has 3 rings (SSSR count). The second-order valence-corrected chi connectivity index (χ2v) is 9.82. The molecule has 3 N–H and O–H groups in total. The van der Waals surface area contributed by atoms with Gasteiger partial charge in [-0.2, -0.15) is 8.42 Å². The highest BCUT2D eigenvalue weighted by atomic mass is 32.2. The average molecular weight is 429 g/mol. The molecule has 0 radical (unpaired) electrons. The molecule has 1 aromatic rings. The molecule has 1 aromatic carbocycles. The molecule has 1 atom stereocenters. The molecule has 1 fully saturated rings. The van der Waals surface area contributed by atoms with E-state index in [1.807, 2.05) is 0 Å². The van der Waals surface area contributed by atoms with Crippen LogP contribution >= 0.6 is 0 Å². The highest BCUT2D eigenvalue weighted by Gasteiger charge is 2.39. The third kappa shape index (κ3) is 4.55. The van der Waals surface area contributed by atoms with Gasteiger partial charge in [-0.25, -0.2) is 18.2 Å². The zero-order valence-electron chi connectivity index (χ0n) is 16.4. The first-order chi connectivity index (χ1) is 13.4. The molecule has 29 heavy (non-hydrogen) atoms. The summed E-state index contributed by atoms with van der Waals surface area (Å²) in [6.07, 6.45) is 0.802. The van der Waals surface area contributed by atoms with E-state index in [0.717, 1.165) is 0 Å². The summed E-state index contributed by atoms with van der Waals surface area (Å²) < 4.78 is 46.8. The van der Waals surface area contributed by atoms with Crippen LogP contribution in [0.15, 0.2) is 6.07 Å². The molecule has 0 unspecified atom stereocenters. The first kappa shape index (κ1) is 21.2. The maximum atomic E-state index is 15.2. The average Bonchev–Trinajstić information content (AvgIpc) is 2.84. The Morgan fingerprint density at radius 2 is 2.14 bits per heavy atom. The minimum Gasteiger partial charge on any atom is -0.506 e. The number of rotatable bonds is 3. The summed E-state index contributed by atoms with van der Waals surface area (Å²) in [5.41, 5.74) is -0.320. The zero-order valence-corrected chi connectivity index (χ0v) is 17.2. The minimum atomic E-state index is -4.25. The number of aromatic hydroxyl groups is 1. The fraction of sp³-hybridized carbons (Fsp3) is 0.556. The number of ether oxygens (including phenoxy) is 1. The highest BCUT2D eigenvalue weighted by Crippen LogP contribution is 2.40. The third-order valence-corrected chi connectivity index (χ3v) is 6.11. The molecular formula is C18H24FN3O6S. The molecule has 1 heterocycles. The number of phenolic OH excluding ortho intramolecular Hbond substituents is 1. The van der Waals surface area contributed by atoms with E-state index >= 15 is 4.39 Å². The molecule has 1 aliphatic carbocycles. The van der Waals surface area contributed by atoms with E-state index in [9.17, 15) is 23.1 Å². The SMILES string of the molecule is CC(C)(C)OC(=O)NC[C@H]1CCc2cc(O)c(N3CC(=O)NS3(=O)=O)c(F)c2C1. The van der Waals surface area contributed by atoms with E-state index in [-0.39, 0.29) is 24.4 Å². The van der Waals surface area contributed by atoms with E-state index in [1.165, 1.54) is 6.07 Å². The molecule has 2 amide bonds. The maximum Gasteiger partial charge on any atom is 0.407 e. The van der Waals surface area contributed by atoms with Gasteiger partial charge in [-0.1, -0.05) is 0 Å². The number of nitrogens with one attached hydrogen (secondary N) is 2. The lowest BCUT2D eigenvalue weighted by atomic mass is 9.83. The minimum absolute atomic E-state index is 0.0862. The van der Waals surface area contributed by atoms with Crippen LogP contribution in [-0.2, 0) is 32.6 Å². The van der Waals surface area contributed by atoms with Gasteiger partial charge in [0.1, 0.15) is 23.6 Å². The second kappa shape index (κ2) is 7.36. The smallest absolute Gasteiger partial charge is 0.407 e. The van der Waals surface area contributed by atoms with Gasteiger partial charge in [0.25, 0.3) is 5.91 Å². The summed E-state index contributed by atoms with van der Waals surface area (Å²) in [5, 5.41) is 12.9. The lowest BCUT2D eigenvalue weighted by Crippen LogP contribution is -2.37. The first-order valence-electron chi connectivity index (χ1n) is 9.21. The van der Waals surface area contributed by atoms with Gasteiger partial charge in [0, 0.05) is 6.54 Å². The Morgan fingerprint density at radius 1 is 1.45 bits per heavy atom. The molecule has 0 saturated carbocycles. The standard InChI is InChI=1S/C18H24FN3O6S/c1-18(2,3)28-17(25)20-8-10-4-5-11-7-13(23)16(15(19)12(11)6-10)22-9-14(24)21-29(22,26)27/h7,10,23H,4-6,8-9H2,1-3H3,(H,20,25)(H,21,24)/t10-/m0/s1. The van der Waals surface area contributed by atoms with E-state index in [1.54, 1.807) is 25.5 Å². The number of hydrogen-bond donors (Lipinski definition) is 3. The largest absolute Gasteiger partial charge is 0.506 e. The molecule has 1 aliphatic heterocycles. The molecule has 160 valence electrons. The van der Waals surface area contributed by atoms with Crippen molar-refractivity contribution in [1.29, 1.82) is 0 Å². The van der Waals surface area contributed by atoms with Crippen LogP contribution in [0.5, 0.6) is 5.75 Å². The Labute approximate surface area is 168 Å². The number of benzene rings is 1. The second-order valence-electron chi connectivity index (χ2n) is 8.22. The first-order valence-corrected chi connectivity index (χ1v) is 10.6. The number of carbonyl (C=O) groups excluding carboxylic acids is 2. The lowest BCUT2D eigenvalue weighted by Gasteiger charge is -2.28. The van der Waals surface area contributed by atoms with Crippen LogP contribution in [0.2, 0.25) is 0 Å². The lowest BCUT2D eigenvalue weighted by molar-refractivity contribution is -0.117. The summed E-state index contributed by atoms with van der Waals surface area (Å²) in [7, 11) is -4.25. The van der Waals surface area contributed by atoms with Crippen LogP contribution in [0.1, 0.15) is 38.3 Å². The van der Waals surface area contributed by atoms with E-state index < -0.39 is 51.6 Å². The van der Waals surface area contributed by atoms with Gasteiger partial charge in [-0.05, 0) is 63.1 Å². The van der Waals surface area contributed by atoms with Gasteiger partial charge in [0.05, 0.1) is 0 Å². The molecule has 2 aliphatic rings. The summed E-state index contributed by atoms with van der Waals surface area (Å²) in [5.74, 6) is -2.30. The fourth-order valence-electron chi connectivity index (χ4n) is 3.51. The third-order valence-electron chi connectivity index (χ3n) is 4.73. The number of hydrogen-bond acceptors (Lipinski definition) is 6. The number of phenols is 1. The van der Waals surface area contributed by atoms with Gasteiger partial charge in [0.15, 0.2) is 5.82 Å². The number of carbonyl (C=O) groups is 2. The van der Waals surface area contributed by atoms with Crippen LogP contribution in [0.3, 0.4) is 0 Å². The number of amides is 2. The van der Waals surface area contributed by atoms with Gasteiger partial charge < -0.3 is 15.2 Å². The number of fused-ring (bicyclic) bond motifs is 1. The highest BCUT2D eigenvalue weighted by molar-refractivity contribution is 7.92. The van der Waals surface area contributed by atoms with Gasteiger partial charge in [-0.3, -0.25) is 4.79 Å². The zero-order chi connectivity index (χ0) is 21.6. The summed E-state index contributed by atoms with van der Waals surface area (Å²) in [4.78, 5) is 23.3. The summed E-state index contributed by atoms with van der Waals surface area (Å²) in [6.45, 7) is 4.91. The predicted molar refractivity (Wildman–Crippen MR) is 102 cm³/mol. The van der Waals surface area contributed by atoms with Crippen molar-refractivity contribution < 1.29 is 32.2 Å². The van der Waals surface area contributed by atoms with E-state index in [2.05, 4.69) is 5.32 Å². The van der Waals surface area contributed by atoms with Crippen molar-refractivity contribution in [3.05, 3.63) is 23.0 Å². The van der Waals surface area contributed by atoms with Crippen molar-refractivity contribution in [2.45, 2.75) is 45.6 Å². The normalized spacial score (nSPS) is 20.8. The fourth-order valence-corrected chi connectivity index (χ4v) is 4.67. The summed E-state index contributed by atoms with van der Waals surface area (Å²) in [6, 6.07) is 1.34. The number of alkyl carbamates (subject to hydrolysis) is 1. The molecule has 11 heteroatoms. The van der Waals surface area contributed by atoms with Gasteiger partial charge >= 0.3 is 16.3 Å². The number of anilines is 1. The maximum absolute atomic E-state index is 15.2. The van der Waals surface area contributed by atoms with Crippen molar-refractivity contribution in [2.24, 2.45) is 5.92 Å². The van der Waals surface area contributed by atoms with Crippen LogP contribution < -0.4 is 14.3 Å². The predicted octanol–water partition coefficient (Wildman–Crippen LogP) is 1.34. The van der Waals surface area contributed by atoms with Crippen molar-refractivity contribution in [3.8, 4) is 5.75 Å². The van der Waals surface area contributed by atoms with Crippen molar-refractivity contribution in [2.75, 3.05) is 17.4 Å². The molecule has 1 saturated heterocycles. The van der Waals surface area contributed by atoms with Crippen LogP contribution in [-0.4, -0.2) is 44.2 Å². The Bertz CT molecular complexity index is 957. The molecule has 0 bridgehead atoms. The number of aryl methyl sites for hydroxylation is 1. The quantitative estimate of drug-likeness (QED) is 0.666. The monoisotopic (exact) mass is 429 g/mol. The Balaban J connectivity index is 1.80. The topological polar surface area (TPSA) is 125 Å². The number of halogens is 1. The Hall–Kier alpha value is -2.56. The van der Waals surface area contributed by atoms with Gasteiger partial charge in [-0.15, -0.1) is 0 Å². The van der Waals surface area contributed by atoms with E-state index in [4.69, 9.17) is 4.74 Å². The molecule has 0 spiro atoms. The molecule has 9 nitrogen and oxygen atoms in total. The molecule has 0 aromatic heterocycles.